The first kappa shape index (κ1) is 26.2. The molecular weight excluding hydrogens is 448 g/mol. The van der Waals surface area contributed by atoms with Crippen LogP contribution in [0.4, 0.5) is 16.2 Å². The van der Waals surface area contributed by atoms with Gasteiger partial charge in [0.2, 0.25) is 0 Å². The van der Waals surface area contributed by atoms with Crippen molar-refractivity contribution in [2.24, 2.45) is 5.92 Å². The van der Waals surface area contributed by atoms with Crippen molar-refractivity contribution < 1.29 is 24.2 Å². The highest BCUT2D eigenvalue weighted by atomic mass is 16.5. The number of amides is 3. The zero-order chi connectivity index (χ0) is 25.7. The summed E-state index contributed by atoms with van der Waals surface area (Å²) in [4.78, 5) is 31.5. The van der Waals surface area contributed by atoms with Crippen LogP contribution in [-0.4, -0.2) is 86.9 Å². The molecule has 1 aliphatic heterocycles. The first-order valence-corrected chi connectivity index (χ1v) is 11.7. The van der Waals surface area contributed by atoms with Gasteiger partial charge in [-0.3, -0.25) is 4.79 Å². The van der Waals surface area contributed by atoms with Gasteiger partial charge in [0, 0.05) is 45.0 Å². The molecule has 0 aliphatic carbocycles. The largest absolute Gasteiger partial charge is 0.497 e. The van der Waals surface area contributed by atoms with Gasteiger partial charge in [0.1, 0.15) is 17.6 Å². The van der Waals surface area contributed by atoms with E-state index in [4.69, 9.17) is 9.47 Å². The molecule has 0 aromatic heterocycles. The predicted octanol–water partition coefficient (Wildman–Crippen LogP) is 3.15. The van der Waals surface area contributed by atoms with Gasteiger partial charge in [0.25, 0.3) is 5.91 Å². The van der Waals surface area contributed by atoms with Gasteiger partial charge in [-0.15, -0.1) is 0 Å². The number of anilines is 2. The highest BCUT2D eigenvalue weighted by Gasteiger charge is 2.34. The average Bonchev–Trinajstić information content (AvgIpc) is 2.85. The normalized spacial score (nSPS) is 18.5. The molecule has 0 saturated heterocycles. The van der Waals surface area contributed by atoms with Crippen molar-refractivity contribution in [3.05, 3.63) is 48.0 Å². The van der Waals surface area contributed by atoms with Crippen LogP contribution in [0.2, 0.25) is 0 Å². The second-order valence-corrected chi connectivity index (χ2v) is 9.24. The van der Waals surface area contributed by atoms with E-state index >= 15 is 0 Å². The summed E-state index contributed by atoms with van der Waals surface area (Å²) in [5.74, 6) is 0.906. The van der Waals surface area contributed by atoms with Crippen molar-refractivity contribution in [3.63, 3.8) is 0 Å². The molecule has 2 aromatic carbocycles. The van der Waals surface area contributed by atoms with Gasteiger partial charge < -0.3 is 34.6 Å². The zero-order valence-electron chi connectivity index (χ0n) is 21.3. The van der Waals surface area contributed by atoms with Crippen molar-refractivity contribution in [1.82, 2.24) is 9.80 Å². The first-order valence-electron chi connectivity index (χ1n) is 11.7. The molecule has 0 unspecified atom stereocenters. The lowest BCUT2D eigenvalue weighted by Gasteiger charge is -2.38. The van der Waals surface area contributed by atoms with E-state index in [2.05, 4.69) is 5.32 Å². The Morgan fingerprint density at radius 1 is 1.23 bits per heavy atom. The summed E-state index contributed by atoms with van der Waals surface area (Å²) in [6, 6.07) is 12.0. The molecule has 3 rings (SSSR count). The maximum absolute atomic E-state index is 13.4. The molecule has 35 heavy (non-hydrogen) atoms. The number of likely N-dealkylation sites (N-methyl/N-ethyl adjacent to an activating group) is 1. The smallest absolute Gasteiger partial charge is 0.321 e. The Hall–Kier alpha value is -3.46. The van der Waals surface area contributed by atoms with Crippen LogP contribution < -0.4 is 19.7 Å². The molecule has 3 amide bonds. The standard InChI is InChI=1S/C26H36N4O5/c1-17-14-30(18(2)16-31)25(32)22-13-20(28(3)4)9-12-23(22)35-24(17)15-29(5)26(33)27-19-7-10-21(34-6)11-8-19/h7-13,17-18,24,31H,14-16H2,1-6H3,(H,27,33)/t17-,18-,24-/m0/s1. The van der Waals surface area contributed by atoms with Crippen molar-refractivity contribution in [2.45, 2.75) is 26.0 Å². The number of nitrogens with zero attached hydrogens (tertiary/aromatic N) is 3. The maximum atomic E-state index is 13.4. The van der Waals surface area contributed by atoms with E-state index in [0.29, 0.717) is 35.8 Å². The number of rotatable bonds is 7. The molecule has 190 valence electrons. The van der Waals surface area contributed by atoms with E-state index in [-0.39, 0.29) is 36.6 Å². The second kappa shape index (κ2) is 11.3. The van der Waals surface area contributed by atoms with Gasteiger partial charge in [-0.05, 0) is 49.4 Å². The SMILES string of the molecule is COc1ccc(NC(=O)N(C)C[C@@H]2Oc3ccc(N(C)C)cc3C(=O)N([C@@H](C)CO)C[C@@H]2C)cc1. The monoisotopic (exact) mass is 484 g/mol. The first-order chi connectivity index (χ1) is 16.6. The summed E-state index contributed by atoms with van der Waals surface area (Å²) in [5, 5.41) is 12.7. The van der Waals surface area contributed by atoms with E-state index in [1.807, 2.05) is 45.0 Å². The molecule has 9 nitrogen and oxygen atoms in total. The summed E-state index contributed by atoms with van der Waals surface area (Å²) >= 11 is 0. The Balaban J connectivity index is 1.83. The molecule has 0 saturated carbocycles. The number of urea groups is 1. The van der Waals surface area contributed by atoms with E-state index < -0.39 is 0 Å². The van der Waals surface area contributed by atoms with E-state index in [0.717, 1.165) is 5.69 Å². The fraction of sp³-hybridized carbons (Fsp3) is 0.462. The van der Waals surface area contributed by atoms with Crippen molar-refractivity contribution in [2.75, 3.05) is 58.2 Å². The zero-order valence-corrected chi connectivity index (χ0v) is 21.3. The average molecular weight is 485 g/mol. The van der Waals surface area contributed by atoms with Crippen molar-refractivity contribution in [1.29, 1.82) is 0 Å². The highest BCUT2D eigenvalue weighted by Crippen LogP contribution is 2.31. The molecule has 1 heterocycles. The van der Waals surface area contributed by atoms with Crippen LogP contribution in [0, 0.1) is 5.92 Å². The van der Waals surface area contributed by atoms with Crippen LogP contribution in [0.1, 0.15) is 24.2 Å². The minimum absolute atomic E-state index is 0.0918. The topological polar surface area (TPSA) is 94.6 Å². The third kappa shape index (κ3) is 6.16. The van der Waals surface area contributed by atoms with Gasteiger partial charge in [0.05, 0.1) is 31.9 Å². The van der Waals surface area contributed by atoms with Crippen LogP contribution >= 0.6 is 0 Å². The molecule has 9 heteroatoms. The van der Waals surface area contributed by atoms with E-state index in [9.17, 15) is 14.7 Å². The number of benzene rings is 2. The van der Waals surface area contributed by atoms with Gasteiger partial charge in [-0.1, -0.05) is 6.92 Å². The lowest BCUT2D eigenvalue weighted by molar-refractivity contribution is 0.0371. The number of hydrogen-bond donors (Lipinski definition) is 2. The molecule has 0 fully saturated rings. The number of methoxy groups -OCH3 is 1. The number of ether oxygens (including phenoxy) is 2. The third-order valence-corrected chi connectivity index (χ3v) is 6.31. The Morgan fingerprint density at radius 2 is 1.91 bits per heavy atom. The minimum Gasteiger partial charge on any atom is -0.497 e. The number of nitrogens with one attached hydrogen (secondary N) is 1. The number of carbonyl (C=O) groups excluding carboxylic acids is 2. The second-order valence-electron chi connectivity index (χ2n) is 9.24. The molecule has 0 radical (unpaired) electrons. The fourth-order valence-corrected chi connectivity index (χ4v) is 3.95. The molecule has 3 atom stereocenters. The third-order valence-electron chi connectivity index (χ3n) is 6.31. The summed E-state index contributed by atoms with van der Waals surface area (Å²) in [6.45, 7) is 4.38. The summed E-state index contributed by atoms with van der Waals surface area (Å²) in [7, 11) is 7.12. The molecular formula is C26H36N4O5. The van der Waals surface area contributed by atoms with Gasteiger partial charge in [-0.25, -0.2) is 4.79 Å². The van der Waals surface area contributed by atoms with Crippen LogP contribution in [0.15, 0.2) is 42.5 Å². The summed E-state index contributed by atoms with van der Waals surface area (Å²) in [6.07, 6.45) is -0.368. The quantitative estimate of drug-likeness (QED) is 0.627. The Kier molecular flexibility index (Phi) is 8.45. The lowest BCUT2D eigenvalue weighted by atomic mass is 9.99. The maximum Gasteiger partial charge on any atom is 0.321 e. The van der Waals surface area contributed by atoms with Gasteiger partial charge >= 0.3 is 6.03 Å². The van der Waals surface area contributed by atoms with E-state index in [1.165, 1.54) is 0 Å². The van der Waals surface area contributed by atoms with Gasteiger partial charge in [0.15, 0.2) is 0 Å². The van der Waals surface area contributed by atoms with Crippen LogP contribution in [-0.2, 0) is 0 Å². The number of fused-ring (bicyclic) bond motifs is 1. The Bertz CT molecular complexity index is 1030. The van der Waals surface area contributed by atoms with E-state index in [1.54, 1.807) is 54.3 Å². The summed E-state index contributed by atoms with van der Waals surface area (Å²) < 4.78 is 11.5. The molecule has 2 N–H and O–H groups in total. The predicted molar refractivity (Wildman–Crippen MR) is 137 cm³/mol. The minimum atomic E-state index is -0.368. The number of aliphatic hydroxyl groups is 1. The fourth-order valence-electron chi connectivity index (χ4n) is 3.95. The van der Waals surface area contributed by atoms with Gasteiger partial charge in [-0.2, -0.15) is 0 Å². The van der Waals surface area contributed by atoms with Crippen LogP contribution in [0.25, 0.3) is 0 Å². The number of hydrogen-bond acceptors (Lipinski definition) is 6. The molecule has 2 aromatic rings. The Labute approximate surface area is 207 Å². The van der Waals surface area contributed by atoms with Crippen LogP contribution in [0.5, 0.6) is 11.5 Å². The molecule has 1 aliphatic rings. The highest BCUT2D eigenvalue weighted by molar-refractivity contribution is 5.98. The van der Waals surface area contributed by atoms with Crippen molar-refractivity contribution in [3.8, 4) is 11.5 Å². The van der Waals surface area contributed by atoms with Crippen LogP contribution in [0.3, 0.4) is 0 Å². The summed E-state index contributed by atoms with van der Waals surface area (Å²) in [5.41, 5.74) is 1.97. The molecule has 0 bridgehead atoms. The number of aliphatic hydroxyl groups excluding tert-OH is 1. The Morgan fingerprint density at radius 3 is 2.51 bits per heavy atom. The molecule has 0 spiro atoms. The number of carbonyl (C=O) groups is 2. The lowest BCUT2D eigenvalue weighted by Crippen LogP contribution is -2.50. The van der Waals surface area contributed by atoms with Crippen molar-refractivity contribution >= 4 is 23.3 Å².